The summed E-state index contributed by atoms with van der Waals surface area (Å²) in [4.78, 5) is 21.5. The van der Waals surface area contributed by atoms with E-state index >= 15 is 0 Å². The van der Waals surface area contributed by atoms with Crippen LogP contribution in [-0.4, -0.2) is 22.1 Å². The summed E-state index contributed by atoms with van der Waals surface area (Å²) in [5.74, 6) is 0.534. The zero-order chi connectivity index (χ0) is 18.5. The van der Waals surface area contributed by atoms with Gasteiger partial charge in [0, 0.05) is 4.90 Å². The van der Waals surface area contributed by atoms with Gasteiger partial charge in [-0.25, -0.2) is 4.98 Å². The number of hydrogen-bond donors (Lipinski definition) is 2. The van der Waals surface area contributed by atoms with Crippen LogP contribution in [0.25, 0.3) is 11.3 Å². The molecule has 0 fully saturated rings. The summed E-state index contributed by atoms with van der Waals surface area (Å²) >= 11 is 7.79. The number of thioether (sulfide) groups is 1. The van der Waals surface area contributed by atoms with E-state index in [1.165, 1.54) is 0 Å². The number of hydrogen-bond acceptors (Lipinski definition) is 3. The molecule has 0 bridgehead atoms. The van der Waals surface area contributed by atoms with Crippen LogP contribution < -0.4 is 5.32 Å². The van der Waals surface area contributed by atoms with Crippen molar-refractivity contribution in [3.05, 3.63) is 71.1 Å². The average molecular weight is 386 g/mol. The summed E-state index contributed by atoms with van der Waals surface area (Å²) in [6.07, 6.45) is 4.47. The Morgan fingerprint density at radius 2 is 2.04 bits per heavy atom. The smallest absolute Gasteiger partial charge is 0.253 e. The quantitative estimate of drug-likeness (QED) is 0.563. The largest absolute Gasteiger partial charge is 0.342 e. The van der Waals surface area contributed by atoms with Gasteiger partial charge in [0.05, 0.1) is 28.5 Å². The van der Waals surface area contributed by atoms with Crippen LogP contribution in [0, 0.1) is 0 Å². The Balaban J connectivity index is 1.80. The summed E-state index contributed by atoms with van der Waals surface area (Å²) < 4.78 is 0. The van der Waals surface area contributed by atoms with Crippen LogP contribution in [-0.2, 0) is 0 Å². The lowest BCUT2D eigenvalue weighted by molar-refractivity contribution is 0.0934. The number of nitrogens with one attached hydrogen (secondary N) is 2. The fourth-order valence-corrected chi connectivity index (χ4v) is 3.33. The average Bonchev–Trinajstić information content (AvgIpc) is 3.17. The summed E-state index contributed by atoms with van der Waals surface area (Å²) in [5, 5.41) is 3.47. The molecular formula is C20H20ClN3OS. The van der Waals surface area contributed by atoms with Crippen molar-refractivity contribution in [1.29, 1.82) is 0 Å². The van der Waals surface area contributed by atoms with Gasteiger partial charge in [0.2, 0.25) is 0 Å². The molecule has 0 spiro atoms. The van der Waals surface area contributed by atoms with E-state index in [-0.39, 0.29) is 11.9 Å². The predicted octanol–water partition coefficient (Wildman–Crippen LogP) is 5.33. The molecule has 1 unspecified atom stereocenters. The first-order chi connectivity index (χ1) is 12.6. The second kappa shape index (κ2) is 8.43. The van der Waals surface area contributed by atoms with Gasteiger partial charge in [0.1, 0.15) is 5.82 Å². The molecule has 26 heavy (non-hydrogen) atoms. The number of amides is 1. The Labute approximate surface area is 162 Å². The first-order valence-corrected chi connectivity index (χ1v) is 9.97. The number of aromatic nitrogens is 2. The lowest BCUT2D eigenvalue weighted by Crippen LogP contribution is -2.29. The van der Waals surface area contributed by atoms with E-state index in [0.717, 1.165) is 22.0 Å². The molecule has 0 aliphatic rings. The van der Waals surface area contributed by atoms with Gasteiger partial charge in [-0.2, -0.15) is 0 Å². The number of benzene rings is 2. The zero-order valence-corrected chi connectivity index (χ0v) is 16.2. The highest BCUT2D eigenvalue weighted by atomic mass is 35.5. The van der Waals surface area contributed by atoms with Gasteiger partial charge in [0.25, 0.3) is 5.91 Å². The molecule has 2 N–H and O–H groups in total. The molecule has 0 aliphatic heterocycles. The minimum atomic E-state index is -0.214. The minimum absolute atomic E-state index is 0.199. The Morgan fingerprint density at radius 1 is 1.27 bits per heavy atom. The number of nitrogens with zero attached hydrogens (tertiary/aromatic N) is 1. The first kappa shape index (κ1) is 18.5. The van der Waals surface area contributed by atoms with Crippen molar-refractivity contribution in [3.63, 3.8) is 0 Å². The highest BCUT2D eigenvalue weighted by Gasteiger charge is 2.19. The second-order valence-electron chi connectivity index (χ2n) is 5.83. The number of imidazole rings is 1. The van der Waals surface area contributed by atoms with Crippen LogP contribution in [0.15, 0.2) is 59.6 Å². The number of carbonyl (C=O) groups is 1. The van der Waals surface area contributed by atoms with E-state index in [2.05, 4.69) is 15.3 Å². The molecule has 1 heterocycles. The Hall–Kier alpha value is -2.24. The number of carbonyl (C=O) groups excluding carboxylic acids is 1. The molecule has 1 aromatic heterocycles. The number of aromatic amines is 1. The van der Waals surface area contributed by atoms with Gasteiger partial charge >= 0.3 is 0 Å². The van der Waals surface area contributed by atoms with E-state index in [0.29, 0.717) is 17.0 Å². The zero-order valence-electron chi connectivity index (χ0n) is 14.6. The van der Waals surface area contributed by atoms with Crippen molar-refractivity contribution >= 4 is 29.3 Å². The molecule has 4 nitrogen and oxygen atoms in total. The van der Waals surface area contributed by atoms with E-state index in [4.69, 9.17) is 11.6 Å². The molecule has 3 aromatic rings. The highest BCUT2D eigenvalue weighted by Crippen LogP contribution is 2.25. The van der Waals surface area contributed by atoms with Crippen molar-refractivity contribution in [3.8, 4) is 11.3 Å². The fourth-order valence-electron chi connectivity index (χ4n) is 2.68. The molecule has 0 aliphatic carbocycles. The van der Waals surface area contributed by atoms with Crippen molar-refractivity contribution in [2.75, 3.05) is 6.26 Å². The SMILES string of the molecule is CCC(NC(=O)c1cc(SC)ccc1Cl)c1ncc(-c2ccccc2)[nH]1. The van der Waals surface area contributed by atoms with Crippen molar-refractivity contribution in [2.45, 2.75) is 24.3 Å². The third-order valence-corrected chi connectivity index (χ3v) is 5.20. The topological polar surface area (TPSA) is 57.8 Å². The van der Waals surface area contributed by atoms with Crippen molar-refractivity contribution in [2.24, 2.45) is 0 Å². The number of H-pyrrole nitrogens is 1. The predicted molar refractivity (Wildman–Crippen MR) is 108 cm³/mol. The van der Waals surface area contributed by atoms with Crippen molar-refractivity contribution in [1.82, 2.24) is 15.3 Å². The van der Waals surface area contributed by atoms with E-state index in [1.54, 1.807) is 24.0 Å². The third kappa shape index (κ3) is 4.11. The van der Waals surface area contributed by atoms with Gasteiger partial charge in [-0.3, -0.25) is 4.79 Å². The standard InChI is InChI=1S/C20H20ClN3OS/c1-3-17(19-22-12-18(23-19)13-7-5-4-6-8-13)24-20(25)15-11-14(26-2)9-10-16(15)21/h4-12,17H,3H2,1-2H3,(H,22,23)(H,24,25). The maximum atomic E-state index is 12.7. The van der Waals surface area contributed by atoms with E-state index in [1.807, 2.05) is 55.6 Å². The van der Waals surface area contributed by atoms with Crippen LogP contribution in [0.5, 0.6) is 0 Å². The summed E-state index contributed by atoms with van der Waals surface area (Å²) in [6, 6.07) is 15.2. The number of rotatable bonds is 6. The van der Waals surface area contributed by atoms with Gasteiger partial charge in [0.15, 0.2) is 0 Å². The molecular weight excluding hydrogens is 366 g/mol. The lowest BCUT2D eigenvalue weighted by atomic mass is 10.1. The van der Waals surface area contributed by atoms with Gasteiger partial charge in [-0.05, 0) is 36.4 Å². The molecule has 0 saturated carbocycles. The Bertz CT molecular complexity index is 895. The van der Waals surface area contributed by atoms with Crippen LogP contribution >= 0.6 is 23.4 Å². The molecule has 3 rings (SSSR count). The van der Waals surface area contributed by atoms with Gasteiger partial charge < -0.3 is 10.3 Å². The minimum Gasteiger partial charge on any atom is -0.342 e. The fraction of sp³-hybridized carbons (Fsp3) is 0.200. The molecule has 6 heteroatoms. The van der Waals surface area contributed by atoms with Crippen LogP contribution in [0.3, 0.4) is 0 Å². The summed E-state index contributed by atoms with van der Waals surface area (Å²) in [6.45, 7) is 2.01. The third-order valence-electron chi connectivity index (χ3n) is 4.14. The maximum Gasteiger partial charge on any atom is 0.253 e. The molecule has 1 atom stereocenters. The van der Waals surface area contributed by atoms with Crippen LogP contribution in [0.4, 0.5) is 0 Å². The molecule has 2 aromatic carbocycles. The second-order valence-corrected chi connectivity index (χ2v) is 7.12. The van der Waals surface area contributed by atoms with E-state index < -0.39 is 0 Å². The lowest BCUT2D eigenvalue weighted by Gasteiger charge is -2.16. The summed E-state index contributed by atoms with van der Waals surface area (Å²) in [7, 11) is 0. The monoisotopic (exact) mass is 385 g/mol. The first-order valence-electron chi connectivity index (χ1n) is 8.37. The van der Waals surface area contributed by atoms with Crippen LogP contribution in [0.1, 0.15) is 35.6 Å². The number of halogens is 1. The van der Waals surface area contributed by atoms with Gasteiger partial charge in [-0.1, -0.05) is 48.9 Å². The maximum absolute atomic E-state index is 12.7. The molecule has 134 valence electrons. The molecule has 1 amide bonds. The Morgan fingerprint density at radius 3 is 2.73 bits per heavy atom. The molecule has 0 saturated heterocycles. The summed E-state index contributed by atoms with van der Waals surface area (Å²) in [5.41, 5.74) is 2.46. The van der Waals surface area contributed by atoms with Gasteiger partial charge in [-0.15, -0.1) is 11.8 Å². The normalized spacial score (nSPS) is 12.0. The molecule has 0 radical (unpaired) electrons. The highest BCUT2D eigenvalue weighted by molar-refractivity contribution is 7.98. The van der Waals surface area contributed by atoms with E-state index in [9.17, 15) is 4.79 Å². The van der Waals surface area contributed by atoms with Crippen LogP contribution in [0.2, 0.25) is 5.02 Å². The van der Waals surface area contributed by atoms with Crippen molar-refractivity contribution < 1.29 is 4.79 Å². The Kier molecular flexibility index (Phi) is 6.01.